The van der Waals surface area contributed by atoms with E-state index >= 15 is 0 Å². The van der Waals surface area contributed by atoms with Crippen molar-refractivity contribution in [1.29, 1.82) is 0 Å². The summed E-state index contributed by atoms with van der Waals surface area (Å²) in [5.74, 6) is 0.566. The maximum atomic E-state index is 6.30. The quantitative estimate of drug-likeness (QED) is 0.503. The number of rotatable bonds is 4. The van der Waals surface area contributed by atoms with E-state index in [1.54, 1.807) is 6.33 Å². The Balaban J connectivity index is 1.70. The SMILES string of the molecule is Clc1nc(C=Cc2ccccc2)nc2c1ncn2Cc1ccccc1. The van der Waals surface area contributed by atoms with Crippen LogP contribution >= 0.6 is 11.6 Å². The third-order valence-corrected chi connectivity index (χ3v) is 4.12. The second kappa shape index (κ2) is 6.87. The van der Waals surface area contributed by atoms with E-state index in [1.807, 2.05) is 65.3 Å². The first kappa shape index (κ1) is 15.5. The molecule has 0 aliphatic heterocycles. The molecule has 25 heavy (non-hydrogen) atoms. The second-order valence-corrected chi connectivity index (χ2v) is 6.00. The molecule has 0 N–H and O–H groups in total. The van der Waals surface area contributed by atoms with Gasteiger partial charge in [-0.2, -0.15) is 0 Å². The minimum absolute atomic E-state index is 0.365. The van der Waals surface area contributed by atoms with Crippen LogP contribution in [0.25, 0.3) is 23.3 Å². The molecule has 0 saturated carbocycles. The number of benzene rings is 2. The largest absolute Gasteiger partial charge is 0.311 e. The standard InChI is InChI=1S/C20H15ClN4/c21-19-18-20(25(14-22-18)13-16-9-5-2-6-10-16)24-17(23-19)12-11-15-7-3-1-4-8-15/h1-12,14H,13H2. The lowest BCUT2D eigenvalue weighted by molar-refractivity contribution is 0.812. The molecule has 2 aromatic carbocycles. The van der Waals surface area contributed by atoms with Crippen LogP contribution in [-0.4, -0.2) is 19.5 Å². The first-order valence-electron chi connectivity index (χ1n) is 7.95. The van der Waals surface area contributed by atoms with E-state index in [-0.39, 0.29) is 0 Å². The summed E-state index contributed by atoms with van der Waals surface area (Å²) in [6, 6.07) is 20.2. The molecule has 4 rings (SSSR count). The third-order valence-electron chi connectivity index (χ3n) is 3.86. The minimum Gasteiger partial charge on any atom is -0.311 e. The molecule has 0 bridgehead atoms. The van der Waals surface area contributed by atoms with Gasteiger partial charge in [0, 0.05) is 0 Å². The van der Waals surface area contributed by atoms with Gasteiger partial charge in [-0.25, -0.2) is 15.0 Å². The Morgan fingerprint density at radius 1 is 0.880 bits per heavy atom. The highest BCUT2D eigenvalue weighted by molar-refractivity contribution is 6.33. The summed E-state index contributed by atoms with van der Waals surface area (Å²) < 4.78 is 1.98. The summed E-state index contributed by atoms with van der Waals surface area (Å²) in [5.41, 5.74) is 3.61. The molecule has 5 heteroatoms. The van der Waals surface area contributed by atoms with Crippen LogP contribution in [0.2, 0.25) is 5.15 Å². The van der Waals surface area contributed by atoms with Crippen LogP contribution in [0.15, 0.2) is 67.0 Å². The molecule has 0 spiro atoms. The van der Waals surface area contributed by atoms with E-state index in [0.717, 1.165) is 11.2 Å². The minimum atomic E-state index is 0.365. The van der Waals surface area contributed by atoms with Crippen molar-refractivity contribution in [3.63, 3.8) is 0 Å². The molecule has 0 amide bonds. The van der Waals surface area contributed by atoms with Gasteiger partial charge in [0.25, 0.3) is 0 Å². The van der Waals surface area contributed by atoms with Crippen molar-refractivity contribution in [3.8, 4) is 0 Å². The number of hydrogen-bond donors (Lipinski definition) is 0. The van der Waals surface area contributed by atoms with Gasteiger partial charge in [-0.05, 0) is 17.2 Å². The van der Waals surface area contributed by atoms with Crippen molar-refractivity contribution in [3.05, 3.63) is 89.1 Å². The summed E-state index contributed by atoms with van der Waals surface area (Å²) in [5, 5.41) is 0.365. The smallest absolute Gasteiger partial charge is 0.165 e. The van der Waals surface area contributed by atoms with Crippen LogP contribution in [0.5, 0.6) is 0 Å². The molecule has 2 heterocycles. The van der Waals surface area contributed by atoms with Gasteiger partial charge < -0.3 is 4.57 Å². The second-order valence-electron chi connectivity index (χ2n) is 5.65. The number of imidazole rings is 1. The molecule has 122 valence electrons. The number of aromatic nitrogens is 4. The fourth-order valence-corrected chi connectivity index (χ4v) is 2.85. The fraction of sp³-hybridized carbons (Fsp3) is 0.0500. The van der Waals surface area contributed by atoms with Gasteiger partial charge in [-0.3, -0.25) is 0 Å². The molecule has 0 unspecified atom stereocenters. The summed E-state index contributed by atoms with van der Waals surface area (Å²) >= 11 is 6.30. The Morgan fingerprint density at radius 3 is 2.36 bits per heavy atom. The highest BCUT2D eigenvalue weighted by Gasteiger charge is 2.11. The van der Waals surface area contributed by atoms with E-state index in [2.05, 4.69) is 27.1 Å². The fourth-order valence-electron chi connectivity index (χ4n) is 2.63. The maximum Gasteiger partial charge on any atom is 0.165 e. The highest BCUT2D eigenvalue weighted by atomic mass is 35.5. The summed E-state index contributed by atoms with van der Waals surface area (Å²) in [4.78, 5) is 13.3. The molecular weight excluding hydrogens is 332 g/mol. The topological polar surface area (TPSA) is 43.6 Å². The van der Waals surface area contributed by atoms with Crippen LogP contribution in [0.3, 0.4) is 0 Å². The zero-order valence-corrected chi connectivity index (χ0v) is 14.1. The molecule has 0 fully saturated rings. The van der Waals surface area contributed by atoms with Crippen molar-refractivity contribution < 1.29 is 0 Å². The summed E-state index contributed by atoms with van der Waals surface area (Å²) in [6.07, 6.45) is 5.58. The normalized spacial score (nSPS) is 11.4. The van der Waals surface area contributed by atoms with E-state index in [4.69, 9.17) is 11.6 Å². The van der Waals surface area contributed by atoms with Crippen molar-refractivity contribution in [1.82, 2.24) is 19.5 Å². The van der Waals surface area contributed by atoms with Crippen LogP contribution in [0.4, 0.5) is 0 Å². The monoisotopic (exact) mass is 346 g/mol. The Labute approximate surface area is 150 Å². The van der Waals surface area contributed by atoms with Gasteiger partial charge in [-0.15, -0.1) is 0 Å². The van der Waals surface area contributed by atoms with Gasteiger partial charge in [-0.1, -0.05) is 78.3 Å². The zero-order valence-electron chi connectivity index (χ0n) is 13.4. The zero-order chi connectivity index (χ0) is 17.1. The molecule has 4 aromatic rings. The predicted octanol–water partition coefficient (Wildman–Crippen LogP) is 4.70. The number of halogens is 1. The Hall–Kier alpha value is -2.98. The van der Waals surface area contributed by atoms with Crippen LogP contribution < -0.4 is 0 Å². The summed E-state index contributed by atoms with van der Waals surface area (Å²) in [6.45, 7) is 0.687. The number of fused-ring (bicyclic) bond motifs is 1. The molecule has 0 saturated heterocycles. The van der Waals surface area contributed by atoms with Crippen LogP contribution in [-0.2, 0) is 6.54 Å². The lowest BCUT2D eigenvalue weighted by Crippen LogP contribution is -2.00. The Kier molecular flexibility index (Phi) is 4.27. The van der Waals surface area contributed by atoms with E-state index in [1.165, 1.54) is 5.56 Å². The Bertz CT molecular complexity index is 1020. The molecule has 0 atom stereocenters. The average molecular weight is 347 g/mol. The molecule has 4 nitrogen and oxygen atoms in total. The third kappa shape index (κ3) is 3.44. The lowest BCUT2D eigenvalue weighted by Gasteiger charge is -2.04. The van der Waals surface area contributed by atoms with E-state index in [9.17, 15) is 0 Å². The van der Waals surface area contributed by atoms with Gasteiger partial charge in [0.1, 0.15) is 5.52 Å². The molecular formula is C20H15ClN4. The predicted molar refractivity (Wildman–Crippen MR) is 101 cm³/mol. The molecule has 0 aliphatic carbocycles. The first-order chi connectivity index (χ1) is 12.3. The van der Waals surface area contributed by atoms with Crippen molar-refractivity contribution in [2.45, 2.75) is 6.54 Å². The number of nitrogens with zero attached hydrogens (tertiary/aromatic N) is 4. The highest BCUT2D eigenvalue weighted by Crippen LogP contribution is 2.20. The average Bonchev–Trinajstić information content (AvgIpc) is 3.05. The van der Waals surface area contributed by atoms with Crippen LogP contribution in [0, 0.1) is 0 Å². The van der Waals surface area contributed by atoms with Gasteiger partial charge in [0.2, 0.25) is 0 Å². The van der Waals surface area contributed by atoms with Gasteiger partial charge in [0.15, 0.2) is 16.6 Å². The van der Waals surface area contributed by atoms with Crippen molar-refractivity contribution in [2.24, 2.45) is 0 Å². The Morgan fingerprint density at radius 2 is 1.60 bits per heavy atom. The van der Waals surface area contributed by atoms with Gasteiger partial charge >= 0.3 is 0 Å². The van der Waals surface area contributed by atoms with E-state index in [0.29, 0.717) is 23.0 Å². The number of hydrogen-bond acceptors (Lipinski definition) is 3. The molecule has 0 radical (unpaired) electrons. The summed E-state index contributed by atoms with van der Waals surface area (Å²) in [7, 11) is 0. The van der Waals surface area contributed by atoms with Crippen LogP contribution in [0.1, 0.15) is 17.0 Å². The molecule has 0 aliphatic rings. The lowest BCUT2D eigenvalue weighted by atomic mass is 10.2. The van der Waals surface area contributed by atoms with Crippen molar-refractivity contribution in [2.75, 3.05) is 0 Å². The maximum absolute atomic E-state index is 6.30. The van der Waals surface area contributed by atoms with E-state index < -0.39 is 0 Å². The molecule has 2 aromatic heterocycles. The van der Waals surface area contributed by atoms with Gasteiger partial charge in [0.05, 0.1) is 12.9 Å². The van der Waals surface area contributed by atoms with Crippen molar-refractivity contribution >= 4 is 34.9 Å². The first-order valence-corrected chi connectivity index (χ1v) is 8.33.